The smallest absolute Gasteiger partial charge is 0.462 e. The maximum Gasteiger partial charge on any atom is 0.472 e. The van der Waals surface area contributed by atoms with Crippen molar-refractivity contribution in [3.8, 4) is 0 Å². The van der Waals surface area contributed by atoms with Crippen LogP contribution >= 0.6 is 15.6 Å². The summed E-state index contributed by atoms with van der Waals surface area (Å²) in [5, 5.41) is 10.7. The fraction of sp³-hybridized carbons (Fsp3) is 0.954. The molecule has 17 nitrogen and oxygen atoms in total. The topological polar surface area (TPSA) is 237 Å². The highest BCUT2D eigenvalue weighted by Gasteiger charge is 2.30. The molecule has 106 heavy (non-hydrogen) atoms. The molecule has 0 radical (unpaired) electrons. The number of aliphatic hydroxyl groups excluding tert-OH is 1. The molecule has 5 atom stereocenters. The predicted molar refractivity (Wildman–Crippen MR) is 437 cm³/mol. The molecule has 0 amide bonds. The van der Waals surface area contributed by atoms with Crippen LogP contribution in [0.4, 0.5) is 0 Å². The number of carbonyl (C=O) groups excluding carboxylic acids is 4. The van der Waals surface area contributed by atoms with Crippen molar-refractivity contribution in [3.63, 3.8) is 0 Å². The van der Waals surface area contributed by atoms with Gasteiger partial charge < -0.3 is 33.8 Å². The molecule has 0 aliphatic carbocycles. The van der Waals surface area contributed by atoms with Gasteiger partial charge in [-0.2, -0.15) is 0 Å². The average Bonchev–Trinajstić information content (AvgIpc) is 0.896. The van der Waals surface area contributed by atoms with Crippen LogP contribution in [0, 0.1) is 11.8 Å². The van der Waals surface area contributed by atoms with Crippen LogP contribution in [-0.4, -0.2) is 96.7 Å². The van der Waals surface area contributed by atoms with Crippen LogP contribution < -0.4 is 0 Å². The molecule has 0 aromatic rings. The maximum absolute atomic E-state index is 13.2. The third-order valence-electron chi connectivity index (χ3n) is 20.5. The molecular formula is C87H170O17P2. The van der Waals surface area contributed by atoms with Crippen molar-refractivity contribution in [1.29, 1.82) is 0 Å². The second-order valence-corrected chi connectivity index (χ2v) is 35.1. The van der Waals surface area contributed by atoms with Gasteiger partial charge in [-0.25, -0.2) is 9.13 Å². The van der Waals surface area contributed by atoms with Crippen molar-refractivity contribution < 1.29 is 80.2 Å². The Morgan fingerprint density at radius 2 is 0.434 bits per heavy atom. The number of unbranched alkanes of at least 4 members (excludes halogenated alkanes) is 56. The highest BCUT2D eigenvalue weighted by molar-refractivity contribution is 7.47. The van der Waals surface area contributed by atoms with E-state index in [1.165, 1.54) is 283 Å². The number of hydrogen-bond acceptors (Lipinski definition) is 15. The minimum absolute atomic E-state index is 0.108. The summed E-state index contributed by atoms with van der Waals surface area (Å²) in [4.78, 5) is 73.2. The molecule has 0 heterocycles. The number of phosphoric acid groups is 2. The van der Waals surface area contributed by atoms with Crippen LogP contribution in [0.1, 0.15) is 465 Å². The third kappa shape index (κ3) is 80.1. The Morgan fingerprint density at radius 1 is 0.255 bits per heavy atom. The molecule has 0 saturated heterocycles. The van der Waals surface area contributed by atoms with E-state index in [0.29, 0.717) is 25.7 Å². The molecule has 3 N–H and O–H groups in total. The summed E-state index contributed by atoms with van der Waals surface area (Å²) in [6.07, 6.45) is 70.8. The van der Waals surface area contributed by atoms with Gasteiger partial charge in [0, 0.05) is 25.7 Å². The van der Waals surface area contributed by atoms with Gasteiger partial charge in [0.05, 0.1) is 26.4 Å². The van der Waals surface area contributed by atoms with E-state index < -0.39 is 97.5 Å². The molecular weight excluding hydrogens is 1380 g/mol. The van der Waals surface area contributed by atoms with E-state index in [-0.39, 0.29) is 25.7 Å². The largest absolute Gasteiger partial charge is 0.472 e. The van der Waals surface area contributed by atoms with Gasteiger partial charge in [0.25, 0.3) is 0 Å². The SMILES string of the molecule is CCCCCCCCCCCCCCC(=O)OC[C@H](COP(=O)(O)OC[C@H](O)COP(=O)(O)OC[C@@H](COC(=O)CCCCCCCCCCCCCCCCCCCCC(C)C)OC(=O)CCCCCCCCCCCCCCCCCCCCC(C)C)OC(=O)CCCCCCCCCCCCCC. The summed E-state index contributed by atoms with van der Waals surface area (Å²) >= 11 is 0. The lowest BCUT2D eigenvalue weighted by atomic mass is 10.0. The zero-order valence-electron chi connectivity index (χ0n) is 69.7. The second-order valence-electron chi connectivity index (χ2n) is 32.2. The summed E-state index contributed by atoms with van der Waals surface area (Å²) in [5.74, 6) is -0.456. The summed E-state index contributed by atoms with van der Waals surface area (Å²) in [7, 11) is -9.93. The Bertz CT molecular complexity index is 2030. The number of esters is 4. The van der Waals surface area contributed by atoms with Gasteiger partial charge >= 0.3 is 39.5 Å². The number of aliphatic hydroxyl groups is 1. The minimum Gasteiger partial charge on any atom is -0.462 e. The fourth-order valence-corrected chi connectivity index (χ4v) is 15.2. The van der Waals surface area contributed by atoms with Crippen LogP contribution in [0.2, 0.25) is 0 Å². The van der Waals surface area contributed by atoms with E-state index in [1.807, 2.05) is 0 Å². The lowest BCUT2D eigenvalue weighted by molar-refractivity contribution is -0.161. The monoisotopic (exact) mass is 1550 g/mol. The van der Waals surface area contributed by atoms with E-state index >= 15 is 0 Å². The number of rotatable bonds is 86. The molecule has 19 heteroatoms. The normalized spacial score (nSPS) is 13.8. The van der Waals surface area contributed by atoms with Gasteiger partial charge in [-0.15, -0.1) is 0 Å². The van der Waals surface area contributed by atoms with E-state index in [9.17, 15) is 43.2 Å². The van der Waals surface area contributed by atoms with Crippen LogP contribution in [0.25, 0.3) is 0 Å². The lowest BCUT2D eigenvalue weighted by Gasteiger charge is -2.21. The molecule has 630 valence electrons. The van der Waals surface area contributed by atoms with Gasteiger partial charge in [-0.05, 0) is 37.5 Å². The highest BCUT2D eigenvalue weighted by Crippen LogP contribution is 2.45. The van der Waals surface area contributed by atoms with Crippen LogP contribution in [0.5, 0.6) is 0 Å². The standard InChI is InChI=1S/C87H170O17P2/c1-7-9-11-13-15-17-19-39-45-51-57-63-69-84(89)97-75-82(103-86(91)71-65-59-53-47-40-20-18-16-14-12-10-8-2)77-101-105(93,94)99-73-81(88)74-100-106(95,96)102-78-83(104-87(92)72-66-60-54-48-42-36-32-28-24-22-26-30-34-38-44-50-56-62-68-80(5)6)76-98-85(90)70-64-58-52-46-41-35-31-27-23-21-25-29-33-37-43-49-55-61-67-79(3)4/h79-83,88H,7-78H2,1-6H3,(H,93,94)(H,95,96)/t81-,82+,83+/m0/s1. The highest BCUT2D eigenvalue weighted by atomic mass is 31.2. The van der Waals surface area contributed by atoms with Gasteiger partial charge in [0.2, 0.25) is 0 Å². The van der Waals surface area contributed by atoms with Crippen LogP contribution in [0.3, 0.4) is 0 Å². The van der Waals surface area contributed by atoms with E-state index in [0.717, 1.165) is 102 Å². The lowest BCUT2D eigenvalue weighted by Crippen LogP contribution is -2.30. The molecule has 0 fully saturated rings. The summed E-state index contributed by atoms with van der Waals surface area (Å²) in [6.45, 7) is 9.75. The van der Waals surface area contributed by atoms with Gasteiger partial charge in [0.15, 0.2) is 12.2 Å². The van der Waals surface area contributed by atoms with Crippen molar-refractivity contribution in [3.05, 3.63) is 0 Å². The van der Waals surface area contributed by atoms with Crippen LogP contribution in [-0.2, 0) is 65.4 Å². The van der Waals surface area contributed by atoms with Crippen molar-refractivity contribution in [2.24, 2.45) is 11.8 Å². The van der Waals surface area contributed by atoms with E-state index in [2.05, 4.69) is 41.5 Å². The fourth-order valence-electron chi connectivity index (χ4n) is 13.6. The number of phosphoric ester groups is 2. The third-order valence-corrected chi connectivity index (χ3v) is 22.4. The summed E-state index contributed by atoms with van der Waals surface area (Å²) in [6, 6.07) is 0. The Balaban J connectivity index is 5.21. The Morgan fingerprint density at radius 3 is 0.642 bits per heavy atom. The minimum atomic E-state index is -4.97. The second kappa shape index (κ2) is 78.3. The summed E-state index contributed by atoms with van der Waals surface area (Å²) < 4.78 is 68.9. The molecule has 2 unspecified atom stereocenters. The first-order chi connectivity index (χ1) is 51.4. The van der Waals surface area contributed by atoms with Gasteiger partial charge in [-0.1, -0.05) is 414 Å². The first kappa shape index (κ1) is 104. The molecule has 0 aliphatic rings. The van der Waals surface area contributed by atoms with Crippen molar-refractivity contribution in [2.75, 3.05) is 39.6 Å². The Hall–Kier alpha value is -1.94. The average molecular weight is 1550 g/mol. The molecule has 0 spiro atoms. The van der Waals surface area contributed by atoms with Crippen molar-refractivity contribution in [1.82, 2.24) is 0 Å². The summed E-state index contributed by atoms with van der Waals surface area (Å²) in [5.41, 5.74) is 0. The number of carbonyl (C=O) groups is 4. The Labute approximate surface area is 651 Å². The van der Waals surface area contributed by atoms with Crippen molar-refractivity contribution >= 4 is 39.5 Å². The van der Waals surface area contributed by atoms with Crippen molar-refractivity contribution in [2.45, 2.75) is 484 Å². The quantitative estimate of drug-likeness (QED) is 0.0222. The van der Waals surface area contributed by atoms with Gasteiger partial charge in [0.1, 0.15) is 19.3 Å². The number of ether oxygens (including phenoxy) is 4. The molecule has 0 saturated carbocycles. The zero-order valence-corrected chi connectivity index (χ0v) is 71.5. The molecule has 0 aromatic carbocycles. The van der Waals surface area contributed by atoms with E-state index in [1.54, 1.807) is 0 Å². The zero-order chi connectivity index (χ0) is 77.8. The molecule has 0 rings (SSSR count). The number of hydrogen-bond donors (Lipinski definition) is 3. The predicted octanol–water partition coefficient (Wildman–Crippen LogP) is 26.6. The molecule has 0 bridgehead atoms. The van der Waals surface area contributed by atoms with E-state index in [4.69, 9.17) is 37.0 Å². The Kier molecular flexibility index (Phi) is 76.9. The maximum atomic E-state index is 13.2. The molecule has 0 aromatic heterocycles. The van der Waals surface area contributed by atoms with Crippen LogP contribution in [0.15, 0.2) is 0 Å². The first-order valence-electron chi connectivity index (χ1n) is 45.0. The first-order valence-corrected chi connectivity index (χ1v) is 48.0. The van der Waals surface area contributed by atoms with Gasteiger partial charge in [-0.3, -0.25) is 37.3 Å². The molecule has 0 aliphatic heterocycles.